The zero-order valence-corrected chi connectivity index (χ0v) is 12.1. The molecule has 0 bridgehead atoms. The monoisotopic (exact) mass is 277 g/mol. The molecule has 1 fully saturated rings. The first kappa shape index (κ1) is 14.7. The molecule has 1 aromatic rings. The van der Waals surface area contributed by atoms with Crippen LogP contribution in [0.3, 0.4) is 0 Å². The summed E-state index contributed by atoms with van der Waals surface area (Å²) in [5, 5.41) is 13.3. The molecule has 1 aliphatic rings. The topological polar surface area (TPSA) is 78.6 Å². The van der Waals surface area contributed by atoms with Crippen molar-refractivity contribution in [1.29, 1.82) is 0 Å². The Balaban J connectivity index is 2.25. The van der Waals surface area contributed by atoms with Crippen LogP contribution in [-0.2, 0) is 0 Å². The average Bonchev–Trinajstić information content (AvgIpc) is 2.41. The van der Waals surface area contributed by atoms with Gasteiger partial charge in [-0.3, -0.25) is 4.79 Å². The number of amides is 1. The molecule has 0 aliphatic heterocycles. The number of aliphatic hydroxyl groups is 1. The van der Waals surface area contributed by atoms with E-state index in [4.69, 9.17) is 5.73 Å². The van der Waals surface area contributed by atoms with Gasteiger partial charge in [0.05, 0.1) is 17.7 Å². The van der Waals surface area contributed by atoms with Crippen LogP contribution in [0.1, 0.15) is 36.0 Å². The average molecular weight is 277 g/mol. The van der Waals surface area contributed by atoms with Gasteiger partial charge in [0.1, 0.15) is 0 Å². The van der Waals surface area contributed by atoms with E-state index in [1.165, 1.54) is 4.90 Å². The van der Waals surface area contributed by atoms with Gasteiger partial charge < -0.3 is 21.1 Å². The summed E-state index contributed by atoms with van der Waals surface area (Å²) in [5.41, 5.74) is 7.71. The van der Waals surface area contributed by atoms with Gasteiger partial charge in [-0.25, -0.2) is 0 Å². The van der Waals surface area contributed by atoms with E-state index in [1.54, 1.807) is 32.3 Å². The molecule has 5 nitrogen and oxygen atoms in total. The summed E-state index contributed by atoms with van der Waals surface area (Å²) in [4.78, 5) is 13.7. The Morgan fingerprint density at radius 3 is 2.70 bits per heavy atom. The Labute approximate surface area is 119 Å². The molecule has 0 spiro atoms. The van der Waals surface area contributed by atoms with Crippen LogP contribution >= 0.6 is 0 Å². The van der Waals surface area contributed by atoms with E-state index < -0.39 is 0 Å². The second-order valence-corrected chi connectivity index (χ2v) is 5.61. The Hall–Kier alpha value is -1.75. The zero-order valence-electron chi connectivity index (χ0n) is 12.1. The maximum absolute atomic E-state index is 12.2. The van der Waals surface area contributed by atoms with Gasteiger partial charge in [0.25, 0.3) is 5.91 Å². The standard InChI is InChI=1S/C15H23N3O2/c1-18(2)15(20)11-8-7-10(16)9-13(11)17-12-5-3-4-6-14(12)19/h7-9,12,14,17,19H,3-6,16H2,1-2H3. The third-order valence-corrected chi connectivity index (χ3v) is 3.75. The summed E-state index contributed by atoms with van der Waals surface area (Å²) in [6.45, 7) is 0. The van der Waals surface area contributed by atoms with Crippen molar-refractivity contribution < 1.29 is 9.90 Å². The van der Waals surface area contributed by atoms with Crippen LogP contribution < -0.4 is 11.1 Å². The Morgan fingerprint density at radius 1 is 1.35 bits per heavy atom. The quantitative estimate of drug-likeness (QED) is 0.735. The molecule has 0 aromatic heterocycles. The van der Waals surface area contributed by atoms with Gasteiger partial charge in [-0.1, -0.05) is 12.8 Å². The van der Waals surface area contributed by atoms with Gasteiger partial charge in [-0.2, -0.15) is 0 Å². The molecular weight excluding hydrogens is 254 g/mol. The molecule has 2 unspecified atom stereocenters. The molecule has 0 radical (unpaired) electrons. The highest BCUT2D eigenvalue weighted by Gasteiger charge is 2.24. The van der Waals surface area contributed by atoms with E-state index in [2.05, 4.69) is 5.32 Å². The fraction of sp³-hybridized carbons (Fsp3) is 0.533. The lowest BCUT2D eigenvalue weighted by molar-refractivity contribution is 0.0827. The number of hydrogen-bond donors (Lipinski definition) is 3. The molecule has 20 heavy (non-hydrogen) atoms. The van der Waals surface area contributed by atoms with Crippen molar-refractivity contribution in [3.63, 3.8) is 0 Å². The first-order chi connectivity index (χ1) is 9.49. The van der Waals surface area contributed by atoms with Crippen molar-refractivity contribution in [2.45, 2.75) is 37.8 Å². The third kappa shape index (κ3) is 3.22. The van der Waals surface area contributed by atoms with Crippen molar-refractivity contribution >= 4 is 17.3 Å². The minimum Gasteiger partial charge on any atom is -0.399 e. The summed E-state index contributed by atoms with van der Waals surface area (Å²) in [5.74, 6) is -0.0715. The van der Waals surface area contributed by atoms with Gasteiger partial charge in [-0.15, -0.1) is 0 Å². The number of carbonyl (C=O) groups is 1. The van der Waals surface area contributed by atoms with Gasteiger partial charge in [0, 0.05) is 25.5 Å². The van der Waals surface area contributed by atoms with E-state index in [9.17, 15) is 9.90 Å². The summed E-state index contributed by atoms with van der Waals surface area (Å²) in [6, 6.07) is 5.20. The Kier molecular flexibility index (Phi) is 4.49. The van der Waals surface area contributed by atoms with Crippen molar-refractivity contribution in [2.75, 3.05) is 25.1 Å². The third-order valence-electron chi connectivity index (χ3n) is 3.75. The van der Waals surface area contributed by atoms with Crippen LogP contribution in [0.15, 0.2) is 18.2 Å². The van der Waals surface area contributed by atoms with Crippen LogP contribution in [0.25, 0.3) is 0 Å². The molecular formula is C15H23N3O2. The minimum atomic E-state index is -0.368. The van der Waals surface area contributed by atoms with Gasteiger partial charge >= 0.3 is 0 Å². The maximum Gasteiger partial charge on any atom is 0.255 e. The Morgan fingerprint density at radius 2 is 2.05 bits per heavy atom. The second kappa shape index (κ2) is 6.13. The van der Waals surface area contributed by atoms with Crippen LogP contribution in [0.4, 0.5) is 11.4 Å². The summed E-state index contributed by atoms with van der Waals surface area (Å²) < 4.78 is 0. The number of rotatable bonds is 3. The Bertz CT molecular complexity index is 488. The van der Waals surface area contributed by atoms with Crippen molar-refractivity contribution in [3.8, 4) is 0 Å². The van der Waals surface area contributed by atoms with Gasteiger partial charge in [0.15, 0.2) is 0 Å². The van der Waals surface area contributed by atoms with E-state index in [1.807, 2.05) is 0 Å². The lowest BCUT2D eigenvalue weighted by Gasteiger charge is -2.30. The van der Waals surface area contributed by atoms with Crippen LogP contribution in [0.5, 0.6) is 0 Å². The van der Waals surface area contributed by atoms with Crippen LogP contribution in [-0.4, -0.2) is 42.2 Å². The maximum atomic E-state index is 12.2. The number of nitrogens with zero attached hydrogens (tertiary/aromatic N) is 1. The normalized spacial score (nSPS) is 22.4. The fourth-order valence-corrected chi connectivity index (χ4v) is 2.59. The van der Waals surface area contributed by atoms with E-state index in [0.717, 1.165) is 25.7 Å². The number of hydrogen-bond acceptors (Lipinski definition) is 4. The van der Waals surface area contributed by atoms with E-state index >= 15 is 0 Å². The lowest BCUT2D eigenvalue weighted by Crippen LogP contribution is -2.37. The molecule has 2 atom stereocenters. The highest BCUT2D eigenvalue weighted by molar-refractivity contribution is 6.00. The molecule has 1 saturated carbocycles. The predicted octanol–water partition coefficient (Wildman–Crippen LogP) is 1.69. The van der Waals surface area contributed by atoms with Gasteiger partial charge in [0.2, 0.25) is 0 Å². The summed E-state index contributed by atoms with van der Waals surface area (Å²) in [6.07, 6.45) is 3.49. The molecule has 1 aliphatic carbocycles. The zero-order chi connectivity index (χ0) is 14.7. The second-order valence-electron chi connectivity index (χ2n) is 5.61. The van der Waals surface area contributed by atoms with E-state index in [0.29, 0.717) is 16.9 Å². The fourth-order valence-electron chi connectivity index (χ4n) is 2.59. The molecule has 4 N–H and O–H groups in total. The molecule has 1 aromatic carbocycles. The van der Waals surface area contributed by atoms with E-state index in [-0.39, 0.29) is 18.1 Å². The van der Waals surface area contributed by atoms with Crippen molar-refractivity contribution in [1.82, 2.24) is 4.90 Å². The number of nitrogens with two attached hydrogens (primary N) is 1. The molecule has 1 amide bonds. The molecule has 2 rings (SSSR count). The van der Waals surface area contributed by atoms with Crippen LogP contribution in [0, 0.1) is 0 Å². The molecule has 5 heteroatoms. The lowest BCUT2D eigenvalue weighted by atomic mass is 9.92. The number of aliphatic hydroxyl groups excluding tert-OH is 1. The number of carbonyl (C=O) groups excluding carboxylic acids is 1. The predicted molar refractivity (Wildman–Crippen MR) is 80.8 cm³/mol. The number of nitrogens with one attached hydrogen (secondary N) is 1. The number of benzene rings is 1. The smallest absolute Gasteiger partial charge is 0.255 e. The van der Waals surface area contributed by atoms with Crippen LogP contribution in [0.2, 0.25) is 0 Å². The molecule has 110 valence electrons. The highest BCUT2D eigenvalue weighted by Crippen LogP contribution is 2.26. The SMILES string of the molecule is CN(C)C(=O)c1ccc(N)cc1NC1CCCCC1O. The summed E-state index contributed by atoms with van der Waals surface area (Å²) >= 11 is 0. The number of nitrogen functional groups attached to an aromatic ring is 1. The first-order valence-corrected chi connectivity index (χ1v) is 7.05. The number of anilines is 2. The van der Waals surface area contributed by atoms with Crippen molar-refractivity contribution in [2.24, 2.45) is 0 Å². The molecule has 0 saturated heterocycles. The van der Waals surface area contributed by atoms with Gasteiger partial charge in [-0.05, 0) is 31.0 Å². The molecule has 0 heterocycles. The minimum absolute atomic E-state index is 0.0146. The largest absolute Gasteiger partial charge is 0.399 e. The summed E-state index contributed by atoms with van der Waals surface area (Å²) in [7, 11) is 3.44. The first-order valence-electron chi connectivity index (χ1n) is 7.05. The highest BCUT2D eigenvalue weighted by atomic mass is 16.3. The van der Waals surface area contributed by atoms with Crippen molar-refractivity contribution in [3.05, 3.63) is 23.8 Å².